The number of carbonyl (C=O) groups excluding carboxylic acids is 2. The van der Waals surface area contributed by atoms with Crippen molar-refractivity contribution in [2.24, 2.45) is 23.2 Å². The fourth-order valence-corrected chi connectivity index (χ4v) is 4.85. The number of hydrogen-bond donors (Lipinski definition) is 3. The van der Waals surface area contributed by atoms with Gasteiger partial charge in [0.15, 0.2) is 0 Å². The molecule has 1 fully saturated rings. The van der Waals surface area contributed by atoms with E-state index in [1.807, 2.05) is 30.5 Å². The second-order valence-electron chi connectivity index (χ2n) is 8.98. The van der Waals surface area contributed by atoms with Crippen molar-refractivity contribution in [1.82, 2.24) is 9.88 Å². The van der Waals surface area contributed by atoms with Gasteiger partial charge in [0, 0.05) is 41.3 Å². The molecule has 1 aromatic carbocycles. The zero-order chi connectivity index (χ0) is 20.6. The van der Waals surface area contributed by atoms with Crippen LogP contribution in [0.1, 0.15) is 26.7 Å². The van der Waals surface area contributed by atoms with Crippen molar-refractivity contribution in [1.29, 1.82) is 0 Å². The van der Waals surface area contributed by atoms with Gasteiger partial charge in [-0.05, 0) is 54.9 Å². The van der Waals surface area contributed by atoms with Gasteiger partial charge in [-0.3, -0.25) is 9.59 Å². The molecule has 1 aromatic heterocycles. The molecule has 0 aliphatic heterocycles. The first-order chi connectivity index (χ1) is 13.9. The molecule has 1 heterocycles. The first-order valence-electron chi connectivity index (χ1n) is 10.4. The highest BCUT2D eigenvalue weighted by Crippen LogP contribution is 2.51. The molecule has 3 unspecified atom stereocenters. The van der Waals surface area contributed by atoms with Crippen LogP contribution in [0.3, 0.4) is 0 Å². The van der Waals surface area contributed by atoms with Gasteiger partial charge in [-0.15, -0.1) is 0 Å². The Bertz CT molecular complexity index is 961. The summed E-state index contributed by atoms with van der Waals surface area (Å²) < 4.78 is 2.19. The number of aromatic nitrogens is 1. The van der Waals surface area contributed by atoms with Gasteiger partial charge in [0.25, 0.3) is 0 Å². The van der Waals surface area contributed by atoms with Crippen LogP contribution in [0.2, 0.25) is 0 Å². The van der Waals surface area contributed by atoms with Crippen molar-refractivity contribution < 1.29 is 14.7 Å². The summed E-state index contributed by atoms with van der Waals surface area (Å²) in [5.74, 6) is -0.0491. The third kappa shape index (κ3) is 3.81. The standard InChI is InChI=1S/C23H29N3O3/c1-15(2)12-26-8-7-17-10-19(5-6-20(17)26)25-22(29)21(28)24-13-23(14-27)11-16-3-4-18(23)9-16/h3-8,10,15-16,18,27H,9,11-14H2,1-2H3,(H,24,28)(H,25,29). The number of aliphatic hydroxyl groups is 1. The van der Waals surface area contributed by atoms with E-state index >= 15 is 0 Å². The minimum Gasteiger partial charge on any atom is -0.396 e. The molecule has 2 aliphatic rings. The van der Waals surface area contributed by atoms with Crippen LogP contribution >= 0.6 is 0 Å². The Morgan fingerprint density at radius 3 is 2.72 bits per heavy atom. The van der Waals surface area contributed by atoms with E-state index in [2.05, 4.69) is 41.2 Å². The summed E-state index contributed by atoms with van der Waals surface area (Å²) >= 11 is 0. The average molecular weight is 396 g/mol. The minimum atomic E-state index is -0.683. The second kappa shape index (κ2) is 7.67. The fraction of sp³-hybridized carbons (Fsp3) is 0.478. The number of rotatable bonds is 6. The number of anilines is 1. The summed E-state index contributed by atoms with van der Waals surface area (Å²) in [7, 11) is 0. The molecule has 29 heavy (non-hydrogen) atoms. The molecule has 2 bridgehead atoms. The summed E-state index contributed by atoms with van der Waals surface area (Å²) in [5, 5.41) is 16.3. The highest BCUT2D eigenvalue weighted by atomic mass is 16.3. The van der Waals surface area contributed by atoms with Gasteiger partial charge >= 0.3 is 11.8 Å². The van der Waals surface area contributed by atoms with Crippen LogP contribution in [0.4, 0.5) is 5.69 Å². The van der Waals surface area contributed by atoms with Crippen molar-refractivity contribution in [2.45, 2.75) is 33.2 Å². The molecule has 3 atom stereocenters. The highest BCUT2D eigenvalue weighted by molar-refractivity contribution is 6.39. The largest absolute Gasteiger partial charge is 0.396 e. The lowest BCUT2D eigenvalue weighted by molar-refractivity contribution is -0.136. The Hall–Kier alpha value is -2.60. The van der Waals surface area contributed by atoms with Crippen LogP contribution in [0, 0.1) is 23.2 Å². The number of carbonyl (C=O) groups is 2. The normalized spacial score (nSPS) is 25.1. The highest BCUT2D eigenvalue weighted by Gasteiger charge is 2.48. The zero-order valence-electron chi connectivity index (χ0n) is 17.0. The van der Waals surface area contributed by atoms with Crippen LogP contribution in [0.5, 0.6) is 0 Å². The van der Waals surface area contributed by atoms with Gasteiger partial charge in [-0.2, -0.15) is 0 Å². The molecule has 154 valence electrons. The van der Waals surface area contributed by atoms with Crippen molar-refractivity contribution in [3.63, 3.8) is 0 Å². The summed E-state index contributed by atoms with van der Waals surface area (Å²) in [6.07, 6.45) is 8.26. The van der Waals surface area contributed by atoms with E-state index in [9.17, 15) is 14.7 Å². The number of nitrogens with one attached hydrogen (secondary N) is 2. The number of allylic oxidation sites excluding steroid dienone is 2. The maximum atomic E-state index is 12.4. The van der Waals surface area contributed by atoms with Crippen LogP contribution in [-0.4, -0.2) is 34.6 Å². The molecule has 2 amide bonds. The quantitative estimate of drug-likeness (QED) is 0.519. The molecule has 4 rings (SSSR count). The zero-order valence-corrected chi connectivity index (χ0v) is 17.0. The van der Waals surface area contributed by atoms with E-state index in [0.717, 1.165) is 30.3 Å². The smallest absolute Gasteiger partial charge is 0.313 e. The monoisotopic (exact) mass is 395 g/mol. The molecule has 6 heteroatoms. The molecule has 0 spiro atoms. The predicted octanol–water partition coefficient (Wildman–Crippen LogP) is 2.93. The Morgan fingerprint density at radius 1 is 1.24 bits per heavy atom. The third-order valence-corrected chi connectivity index (χ3v) is 6.34. The van der Waals surface area contributed by atoms with Crippen molar-refractivity contribution in [3.8, 4) is 0 Å². The van der Waals surface area contributed by atoms with Crippen molar-refractivity contribution in [2.75, 3.05) is 18.5 Å². The Labute approximate surface area is 171 Å². The lowest BCUT2D eigenvalue weighted by Crippen LogP contribution is -2.45. The molecular weight excluding hydrogens is 366 g/mol. The Balaban J connectivity index is 1.37. The van der Waals surface area contributed by atoms with Crippen LogP contribution in [0.15, 0.2) is 42.6 Å². The average Bonchev–Trinajstić information content (AvgIpc) is 3.40. The number of aliphatic hydroxyl groups excluding tert-OH is 1. The molecule has 1 saturated carbocycles. The molecule has 0 radical (unpaired) electrons. The number of nitrogens with zero attached hydrogens (tertiary/aromatic N) is 1. The number of fused-ring (bicyclic) bond motifs is 3. The van der Waals surface area contributed by atoms with E-state index < -0.39 is 11.8 Å². The van der Waals surface area contributed by atoms with Gasteiger partial charge in [-0.1, -0.05) is 26.0 Å². The lowest BCUT2D eigenvalue weighted by Gasteiger charge is -2.33. The van der Waals surface area contributed by atoms with Gasteiger partial charge < -0.3 is 20.3 Å². The molecule has 2 aromatic rings. The fourth-order valence-electron chi connectivity index (χ4n) is 4.85. The molecule has 3 N–H and O–H groups in total. The maximum Gasteiger partial charge on any atom is 0.313 e. The first-order valence-corrected chi connectivity index (χ1v) is 10.4. The molecule has 0 saturated heterocycles. The van der Waals surface area contributed by atoms with E-state index in [-0.39, 0.29) is 17.9 Å². The van der Waals surface area contributed by atoms with Gasteiger partial charge in [0.2, 0.25) is 0 Å². The first kappa shape index (κ1) is 19.7. The van der Waals surface area contributed by atoms with Crippen molar-refractivity contribution >= 4 is 28.4 Å². The van der Waals surface area contributed by atoms with Crippen LogP contribution in [-0.2, 0) is 16.1 Å². The topological polar surface area (TPSA) is 83.4 Å². The summed E-state index contributed by atoms with van der Waals surface area (Å²) in [6.45, 7) is 5.61. The Kier molecular flexibility index (Phi) is 5.21. The van der Waals surface area contributed by atoms with E-state index in [4.69, 9.17) is 0 Å². The summed E-state index contributed by atoms with van der Waals surface area (Å²) in [5.41, 5.74) is 1.36. The predicted molar refractivity (Wildman–Crippen MR) is 113 cm³/mol. The number of amides is 2. The van der Waals surface area contributed by atoms with Gasteiger partial charge in [0.1, 0.15) is 0 Å². The maximum absolute atomic E-state index is 12.4. The van der Waals surface area contributed by atoms with Gasteiger partial charge in [-0.25, -0.2) is 0 Å². The van der Waals surface area contributed by atoms with Crippen molar-refractivity contribution in [3.05, 3.63) is 42.6 Å². The SMILES string of the molecule is CC(C)Cn1ccc2cc(NC(=O)C(=O)NCC3(CO)CC4C=CC3C4)ccc21. The second-order valence-corrected chi connectivity index (χ2v) is 8.98. The van der Waals surface area contributed by atoms with E-state index in [1.54, 1.807) is 0 Å². The summed E-state index contributed by atoms with van der Waals surface area (Å²) in [6, 6.07) is 7.68. The Morgan fingerprint density at radius 2 is 2.07 bits per heavy atom. The molecule has 6 nitrogen and oxygen atoms in total. The van der Waals surface area contributed by atoms with E-state index in [1.165, 1.54) is 0 Å². The third-order valence-electron chi connectivity index (χ3n) is 6.34. The molecule has 2 aliphatic carbocycles. The minimum absolute atomic E-state index is 0.0183. The number of hydrogen-bond acceptors (Lipinski definition) is 3. The number of benzene rings is 1. The van der Waals surface area contributed by atoms with Gasteiger partial charge in [0.05, 0.1) is 6.61 Å². The summed E-state index contributed by atoms with van der Waals surface area (Å²) in [4.78, 5) is 24.7. The van der Waals surface area contributed by atoms with Crippen LogP contribution < -0.4 is 10.6 Å². The molecular formula is C23H29N3O3. The lowest BCUT2D eigenvalue weighted by atomic mass is 9.76. The van der Waals surface area contributed by atoms with E-state index in [0.29, 0.717) is 24.1 Å². The van der Waals surface area contributed by atoms with Crippen LogP contribution in [0.25, 0.3) is 10.9 Å².